The molecule has 7 nitrogen and oxygen atoms in total. The highest BCUT2D eigenvalue weighted by atomic mass is 35.5. The minimum absolute atomic E-state index is 0.117. The minimum Gasteiger partial charge on any atom is -0.449 e. The van der Waals surface area contributed by atoms with Gasteiger partial charge in [-0.25, -0.2) is 14.6 Å². The fourth-order valence-corrected chi connectivity index (χ4v) is 4.48. The summed E-state index contributed by atoms with van der Waals surface area (Å²) < 4.78 is 9.75. The normalized spacial score (nSPS) is 10.7. The molecule has 2 N–H and O–H groups in total. The maximum Gasteiger partial charge on any atom is 0.511 e. The molecule has 0 aliphatic rings. The first kappa shape index (κ1) is 23.6. The summed E-state index contributed by atoms with van der Waals surface area (Å²) in [5, 5.41) is 21.5. The molecular formula is C24H15Cl2NO6S. The number of hydrogen-bond acceptors (Lipinski definition) is 6. The van der Waals surface area contributed by atoms with E-state index in [0.717, 1.165) is 5.56 Å². The van der Waals surface area contributed by atoms with Crippen molar-refractivity contribution in [3.05, 3.63) is 75.6 Å². The lowest BCUT2D eigenvalue weighted by atomic mass is 9.98. The van der Waals surface area contributed by atoms with Gasteiger partial charge in [0.2, 0.25) is 0 Å². The molecule has 0 saturated carbocycles. The molecule has 34 heavy (non-hydrogen) atoms. The van der Waals surface area contributed by atoms with Gasteiger partial charge in [0.15, 0.2) is 0 Å². The van der Waals surface area contributed by atoms with E-state index in [-0.39, 0.29) is 11.5 Å². The molecule has 0 bridgehead atoms. The number of halogens is 2. The van der Waals surface area contributed by atoms with E-state index in [9.17, 15) is 14.7 Å². The van der Waals surface area contributed by atoms with E-state index in [2.05, 4.69) is 9.72 Å². The van der Waals surface area contributed by atoms with Crippen molar-refractivity contribution in [1.82, 2.24) is 4.98 Å². The van der Waals surface area contributed by atoms with Gasteiger partial charge >= 0.3 is 12.3 Å². The Kier molecular flexibility index (Phi) is 6.74. The zero-order valence-electron chi connectivity index (χ0n) is 17.4. The summed E-state index contributed by atoms with van der Waals surface area (Å²) in [5.74, 6) is 0.273. The van der Waals surface area contributed by atoms with Crippen LogP contribution in [0.5, 0.6) is 11.5 Å². The molecule has 10 heteroatoms. The Morgan fingerprint density at radius 3 is 2.24 bits per heavy atom. The quantitative estimate of drug-likeness (QED) is 0.205. The van der Waals surface area contributed by atoms with E-state index in [0.29, 0.717) is 43.0 Å². The fraction of sp³-hybridized carbons (Fsp3) is 0.0417. The molecular weight excluding hydrogens is 501 g/mol. The highest BCUT2D eigenvalue weighted by Gasteiger charge is 2.16. The lowest BCUT2D eigenvalue weighted by molar-refractivity contribution is 0.143. The van der Waals surface area contributed by atoms with Crippen LogP contribution in [0.3, 0.4) is 0 Å². The van der Waals surface area contributed by atoms with Crippen LogP contribution in [0.15, 0.2) is 60.0 Å². The summed E-state index contributed by atoms with van der Waals surface area (Å²) in [6, 6.07) is 15.1. The minimum atomic E-state index is -1.46. The number of rotatable bonds is 5. The van der Waals surface area contributed by atoms with Gasteiger partial charge in [-0.05, 0) is 54.4 Å². The molecule has 0 spiro atoms. The highest BCUT2D eigenvalue weighted by molar-refractivity contribution is 7.13. The number of nitrogens with zero attached hydrogens (tertiary/aromatic N) is 1. The van der Waals surface area contributed by atoms with Crippen LogP contribution in [0, 0.1) is 6.92 Å². The average Bonchev–Trinajstić information content (AvgIpc) is 3.26. The monoisotopic (exact) mass is 515 g/mol. The van der Waals surface area contributed by atoms with Gasteiger partial charge in [-0.1, -0.05) is 41.4 Å². The van der Waals surface area contributed by atoms with E-state index in [1.54, 1.807) is 43.3 Å². The zero-order valence-corrected chi connectivity index (χ0v) is 19.7. The van der Waals surface area contributed by atoms with Gasteiger partial charge < -0.3 is 19.7 Å². The second-order valence-corrected chi connectivity index (χ2v) is 8.76. The summed E-state index contributed by atoms with van der Waals surface area (Å²) >= 11 is 13.5. The third-order valence-electron chi connectivity index (χ3n) is 4.84. The molecule has 0 aliphatic carbocycles. The van der Waals surface area contributed by atoms with Crippen molar-refractivity contribution in [2.24, 2.45) is 0 Å². The SMILES string of the molecule is Cc1cc(OC(=O)O)ccc1-c1ccc(-c2nc(-c3ccc(Cl)c(Cl)c3)cs2)cc1OC(=O)O. The Hall–Kier alpha value is -3.59. The van der Waals surface area contributed by atoms with Crippen molar-refractivity contribution in [2.45, 2.75) is 6.92 Å². The molecule has 0 aliphatic heterocycles. The average molecular weight is 516 g/mol. The predicted molar refractivity (Wildman–Crippen MR) is 130 cm³/mol. The molecule has 0 unspecified atom stereocenters. The summed E-state index contributed by atoms with van der Waals surface area (Å²) in [6.07, 6.45) is -2.88. The van der Waals surface area contributed by atoms with Gasteiger partial charge in [-0.2, -0.15) is 0 Å². The van der Waals surface area contributed by atoms with Crippen molar-refractivity contribution in [3.63, 3.8) is 0 Å². The molecule has 3 aromatic carbocycles. The lowest BCUT2D eigenvalue weighted by Crippen LogP contribution is -2.05. The molecule has 172 valence electrons. The van der Waals surface area contributed by atoms with Crippen LogP contribution in [0.25, 0.3) is 33.0 Å². The standard InChI is InChI=1S/C24H15Cl2NO6S/c1-12-8-15(32-23(28)29)4-6-16(12)17-5-2-14(10-21(17)33-24(30)31)22-27-20(11-34-22)13-3-7-18(25)19(26)9-13/h2-11H,1H3,(H,28,29)(H,30,31). The van der Waals surface area contributed by atoms with Crippen LogP contribution in [0.1, 0.15) is 5.56 Å². The first-order valence-corrected chi connectivity index (χ1v) is 11.3. The van der Waals surface area contributed by atoms with Crippen LogP contribution < -0.4 is 9.47 Å². The van der Waals surface area contributed by atoms with E-state index >= 15 is 0 Å². The summed E-state index contributed by atoms with van der Waals surface area (Å²) in [7, 11) is 0. The number of thiazole rings is 1. The molecule has 1 aromatic heterocycles. The summed E-state index contributed by atoms with van der Waals surface area (Å²) in [6.45, 7) is 1.76. The van der Waals surface area contributed by atoms with Crippen molar-refractivity contribution in [3.8, 4) is 44.5 Å². The highest BCUT2D eigenvalue weighted by Crippen LogP contribution is 2.39. The van der Waals surface area contributed by atoms with Crippen molar-refractivity contribution in [2.75, 3.05) is 0 Å². The zero-order chi connectivity index (χ0) is 24.4. The first-order valence-electron chi connectivity index (χ1n) is 9.69. The van der Waals surface area contributed by atoms with Crippen LogP contribution in [-0.4, -0.2) is 27.5 Å². The number of ether oxygens (including phenoxy) is 2. The van der Waals surface area contributed by atoms with E-state index < -0.39 is 12.3 Å². The summed E-state index contributed by atoms with van der Waals surface area (Å²) in [5.41, 5.74) is 4.03. The predicted octanol–water partition coefficient (Wildman–Crippen LogP) is 7.87. The Morgan fingerprint density at radius 2 is 1.56 bits per heavy atom. The maximum absolute atomic E-state index is 11.4. The van der Waals surface area contributed by atoms with Gasteiger partial charge in [0, 0.05) is 22.1 Å². The second-order valence-electron chi connectivity index (χ2n) is 7.09. The molecule has 0 radical (unpaired) electrons. The Bertz CT molecular complexity index is 1420. The molecule has 0 amide bonds. The number of aryl methyl sites for hydroxylation is 1. The molecule has 0 atom stereocenters. The Morgan fingerprint density at radius 1 is 0.853 bits per heavy atom. The maximum atomic E-state index is 11.4. The largest absolute Gasteiger partial charge is 0.511 e. The van der Waals surface area contributed by atoms with Crippen LogP contribution in [0.2, 0.25) is 10.0 Å². The van der Waals surface area contributed by atoms with E-state index in [1.165, 1.54) is 17.4 Å². The summed E-state index contributed by atoms with van der Waals surface area (Å²) in [4.78, 5) is 26.8. The van der Waals surface area contributed by atoms with Crippen LogP contribution in [0.4, 0.5) is 9.59 Å². The number of carboxylic acid groups (broad SMARTS) is 2. The third kappa shape index (κ3) is 5.14. The van der Waals surface area contributed by atoms with Crippen LogP contribution in [-0.2, 0) is 0 Å². The van der Waals surface area contributed by atoms with Gasteiger partial charge in [-0.3, -0.25) is 0 Å². The molecule has 1 heterocycles. The molecule has 4 aromatic rings. The van der Waals surface area contributed by atoms with Crippen molar-refractivity contribution >= 4 is 46.8 Å². The van der Waals surface area contributed by atoms with E-state index in [4.69, 9.17) is 33.0 Å². The molecule has 4 rings (SSSR count). The van der Waals surface area contributed by atoms with Gasteiger partial charge in [0.05, 0.1) is 15.7 Å². The fourth-order valence-electron chi connectivity index (χ4n) is 3.35. The number of hydrogen-bond donors (Lipinski definition) is 2. The number of carbonyl (C=O) groups is 2. The lowest BCUT2D eigenvalue weighted by Gasteiger charge is -2.13. The van der Waals surface area contributed by atoms with Crippen molar-refractivity contribution < 1.29 is 29.3 Å². The number of aromatic nitrogens is 1. The van der Waals surface area contributed by atoms with E-state index in [1.807, 2.05) is 17.5 Å². The molecule has 0 saturated heterocycles. The van der Waals surface area contributed by atoms with Gasteiger partial charge in [0.1, 0.15) is 16.5 Å². The molecule has 0 fully saturated rings. The third-order valence-corrected chi connectivity index (χ3v) is 6.47. The topological polar surface area (TPSA) is 106 Å². The van der Waals surface area contributed by atoms with Gasteiger partial charge in [0.25, 0.3) is 0 Å². The first-order chi connectivity index (χ1) is 16.2. The Balaban J connectivity index is 1.72. The Labute approximate surface area is 207 Å². The number of benzene rings is 3. The smallest absolute Gasteiger partial charge is 0.449 e. The van der Waals surface area contributed by atoms with Crippen LogP contribution >= 0.6 is 34.5 Å². The van der Waals surface area contributed by atoms with Crippen molar-refractivity contribution in [1.29, 1.82) is 0 Å². The second kappa shape index (κ2) is 9.72. The van der Waals surface area contributed by atoms with Gasteiger partial charge in [-0.15, -0.1) is 11.3 Å².